The van der Waals surface area contributed by atoms with E-state index < -0.39 is 36.6 Å². The van der Waals surface area contributed by atoms with Crippen LogP contribution < -0.4 is 27.3 Å². The number of aliphatic hydroxyl groups is 3. The summed E-state index contributed by atoms with van der Waals surface area (Å²) in [6, 6.07) is 7.78. The van der Waals surface area contributed by atoms with Crippen molar-refractivity contribution in [1.82, 2.24) is 15.3 Å². The summed E-state index contributed by atoms with van der Waals surface area (Å²) in [6.45, 7) is 2.74. The molecule has 0 bridgehead atoms. The second-order valence-corrected chi connectivity index (χ2v) is 10.3. The zero-order chi connectivity index (χ0) is 30.6. The van der Waals surface area contributed by atoms with Gasteiger partial charge in [0.1, 0.15) is 36.5 Å². The molecule has 3 rings (SSSR count). The summed E-state index contributed by atoms with van der Waals surface area (Å²) in [6.07, 6.45) is -1.02. The number of anilines is 2. The van der Waals surface area contributed by atoms with Gasteiger partial charge in [0.25, 0.3) is 0 Å². The van der Waals surface area contributed by atoms with E-state index in [-0.39, 0.29) is 41.5 Å². The maximum absolute atomic E-state index is 12.3. The highest BCUT2D eigenvalue weighted by Gasteiger charge is 2.36. The lowest BCUT2D eigenvalue weighted by Gasteiger charge is -2.26. The average molecular weight is 610 g/mol. The number of nitrogens with zero attached hydrogens (tertiary/aromatic N) is 3. The molecule has 1 aliphatic rings. The fourth-order valence-corrected chi connectivity index (χ4v) is 4.32. The Bertz CT molecular complexity index is 1190. The lowest BCUT2D eigenvalue weighted by Crippen LogP contribution is -2.49. The Morgan fingerprint density at radius 3 is 2.60 bits per heavy atom. The number of nitrogens with two attached hydrogens (primary N) is 3. The Labute approximate surface area is 249 Å². The normalized spacial score (nSPS) is 19.4. The second kappa shape index (κ2) is 16.5. The van der Waals surface area contributed by atoms with Gasteiger partial charge in [0.15, 0.2) is 28.8 Å². The van der Waals surface area contributed by atoms with Gasteiger partial charge in [-0.3, -0.25) is 4.79 Å². The summed E-state index contributed by atoms with van der Waals surface area (Å²) in [5, 5.41) is 33.3. The number of hydrogen-bond acceptors (Lipinski definition) is 12. The third-order valence-electron chi connectivity index (χ3n) is 6.56. The zero-order valence-corrected chi connectivity index (χ0v) is 24.2. The van der Waals surface area contributed by atoms with Crippen LogP contribution in [-0.4, -0.2) is 94.0 Å². The molecule has 0 aliphatic carbocycles. The Kier molecular flexibility index (Phi) is 13.1. The Morgan fingerprint density at radius 1 is 1.17 bits per heavy atom. The number of halogens is 1. The maximum atomic E-state index is 12.3. The molecule has 1 aliphatic heterocycles. The van der Waals surface area contributed by atoms with Crippen LogP contribution in [0.25, 0.3) is 0 Å². The molecule has 0 unspecified atom stereocenters. The predicted molar refractivity (Wildman–Crippen MR) is 157 cm³/mol. The number of amides is 1. The lowest BCUT2D eigenvalue weighted by atomic mass is 10.0. The quantitative estimate of drug-likeness (QED) is 0.0776. The van der Waals surface area contributed by atoms with Crippen molar-refractivity contribution in [1.29, 1.82) is 0 Å². The van der Waals surface area contributed by atoms with Crippen LogP contribution >= 0.6 is 11.6 Å². The number of nitrogen functional groups attached to an aromatic ring is 2. The number of aliphatic hydroxyl groups excluding tert-OH is 3. The first kappa shape index (κ1) is 33.4. The van der Waals surface area contributed by atoms with E-state index in [1.165, 1.54) is 0 Å². The number of aliphatic imine (C=N–C) groups is 1. The number of nitrogens with one attached hydrogen (secondary N) is 1. The number of amidine groups is 1. The number of carbonyl (C=O) groups excluding carboxylic acids is 1. The highest BCUT2D eigenvalue weighted by Crippen LogP contribution is 2.19. The van der Waals surface area contributed by atoms with Crippen molar-refractivity contribution in [3.8, 4) is 5.75 Å². The molecule has 5 atom stereocenters. The van der Waals surface area contributed by atoms with Crippen LogP contribution in [0.2, 0.25) is 5.15 Å². The van der Waals surface area contributed by atoms with Gasteiger partial charge in [0, 0.05) is 19.5 Å². The summed E-state index contributed by atoms with van der Waals surface area (Å²) in [5.41, 5.74) is 18.0. The summed E-state index contributed by atoms with van der Waals surface area (Å²) in [7, 11) is 0. The van der Waals surface area contributed by atoms with Crippen LogP contribution in [0.1, 0.15) is 48.7 Å². The molecule has 1 aromatic carbocycles. The third kappa shape index (κ3) is 10.3. The summed E-state index contributed by atoms with van der Waals surface area (Å²) in [4.78, 5) is 23.7. The molecule has 1 saturated heterocycles. The van der Waals surface area contributed by atoms with Crippen LogP contribution in [-0.2, 0) is 15.9 Å². The van der Waals surface area contributed by atoms with Crippen molar-refractivity contribution >= 4 is 35.0 Å². The molecule has 15 heteroatoms. The minimum Gasteiger partial charge on any atom is -0.492 e. The summed E-state index contributed by atoms with van der Waals surface area (Å²) < 4.78 is 16.3. The standard InChI is InChI=1S/C27H40ClN7O7/c1-15-41-14-19(42-15)23(38)22(37)18(36)13-32-11-12-40-17-9-7-16(8-10-17)5-3-2-4-6-20(29)33-27(39)21-25(30)35-26(31)24(28)34-21/h7-10,15,18-19,22-23,32,36-38H,2-6,11-14H2,1H3,(H2,29,33,39)(H4,30,31,35)/t15-,18+,19-,22-,23-/m1/s1. The lowest BCUT2D eigenvalue weighted by molar-refractivity contribution is -0.122. The fourth-order valence-electron chi connectivity index (χ4n) is 4.20. The topological polar surface area (TPSA) is 234 Å². The molecular formula is C27H40ClN7O7. The third-order valence-corrected chi connectivity index (χ3v) is 6.84. The van der Waals surface area contributed by atoms with Crippen LogP contribution in [0.4, 0.5) is 11.6 Å². The molecule has 0 saturated carbocycles. The maximum Gasteiger partial charge on any atom is 0.301 e. The molecule has 1 fully saturated rings. The van der Waals surface area contributed by atoms with E-state index in [4.69, 9.17) is 43.0 Å². The molecule has 14 nitrogen and oxygen atoms in total. The van der Waals surface area contributed by atoms with E-state index in [0.29, 0.717) is 25.3 Å². The number of hydrogen-bond donors (Lipinski definition) is 7. The van der Waals surface area contributed by atoms with E-state index in [1.807, 2.05) is 24.3 Å². The van der Waals surface area contributed by atoms with Crippen LogP contribution in [0.15, 0.2) is 29.3 Å². The van der Waals surface area contributed by atoms with E-state index in [0.717, 1.165) is 31.2 Å². The van der Waals surface area contributed by atoms with Gasteiger partial charge in [-0.05, 0) is 43.9 Å². The van der Waals surface area contributed by atoms with Gasteiger partial charge in [-0.2, -0.15) is 4.99 Å². The first-order valence-electron chi connectivity index (χ1n) is 13.7. The predicted octanol–water partition coefficient (Wildman–Crippen LogP) is 0.407. The Morgan fingerprint density at radius 2 is 1.90 bits per heavy atom. The number of aryl methyl sites for hydroxylation is 1. The second-order valence-electron chi connectivity index (χ2n) is 9.92. The van der Waals surface area contributed by atoms with Crippen molar-refractivity contribution in [2.45, 2.75) is 69.7 Å². The highest BCUT2D eigenvalue weighted by atomic mass is 35.5. The number of carbonyl (C=O) groups is 1. The van der Waals surface area contributed by atoms with Gasteiger partial charge < -0.3 is 52.0 Å². The minimum atomic E-state index is -1.37. The first-order chi connectivity index (χ1) is 20.0. The van der Waals surface area contributed by atoms with Crippen molar-refractivity contribution in [2.24, 2.45) is 10.7 Å². The molecule has 2 aromatic rings. The monoisotopic (exact) mass is 609 g/mol. The number of unbranched alkanes of at least 4 members (excludes halogenated alkanes) is 2. The van der Waals surface area contributed by atoms with Crippen molar-refractivity contribution in [3.05, 3.63) is 40.7 Å². The Hall–Kier alpha value is -3.11. The van der Waals surface area contributed by atoms with E-state index in [2.05, 4.69) is 20.3 Å². The molecule has 232 valence electrons. The first-order valence-corrected chi connectivity index (χ1v) is 14.1. The fraction of sp³-hybridized carbons (Fsp3) is 0.556. The molecule has 1 amide bonds. The highest BCUT2D eigenvalue weighted by molar-refractivity contribution is 6.31. The Balaban J connectivity index is 1.27. The smallest absolute Gasteiger partial charge is 0.301 e. The average Bonchev–Trinajstić information content (AvgIpc) is 3.40. The molecule has 0 radical (unpaired) electrons. The van der Waals surface area contributed by atoms with Crippen molar-refractivity contribution < 1.29 is 34.3 Å². The van der Waals surface area contributed by atoms with Gasteiger partial charge in [0.05, 0.1) is 12.7 Å². The molecule has 2 heterocycles. The van der Waals surface area contributed by atoms with Crippen LogP contribution in [0.5, 0.6) is 5.75 Å². The number of benzene rings is 1. The van der Waals surface area contributed by atoms with Gasteiger partial charge in [-0.15, -0.1) is 0 Å². The molecule has 0 spiro atoms. The summed E-state index contributed by atoms with van der Waals surface area (Å²) >= 11 is 5.80. The van der Waals surface area contributed by atoms with Crippen LogP contribution in [0, 0.1) is 0 Å². The number of rotatable bonds is 16. The zero-order valence-electron chi connectivity index (χ0n) is 23.5. The van der Waals surface area contributed by atoms with E-state index in [1.54, 1.807) is 6.92 Å². The van der Waals surface area contributed by atoms with Crippen molar-refractivity contribution in [2.75, 3.05) is 37.8 Å². The molecular weight excluding hydrogens is 570 g/mol. The van der Waals surface area contributed by atoms with Gasteiger partial charge >= 0.3 is 5.91 Å². The SMILES string of the molecule is C[C@@H]1OC[C@H]([C@@H](O)[C@H](O)[C@@H](O)CNCCOc2ccc(CCCCCC(N)=NC(=O)c3nc(Cl)c(N)nc3N)cc2)O1. The molecule has 1 aromatic heterocycles. The van der Waals surface area contributed by atoms with E-state index >= 15 is 0 Å². The van der Waals surface area contributed by atoms with Gasteiger partial charge in [0.2, 0.25) is 0 Å². The minimum absolute atomic E-state index is 0.0670. The largest absolute Gasteiger partial charge is 0.492 e. The summed E-state index contributed by atoms with van der Waals surface area (Å²) in [5.74, 6) is -0.0504. The van der Waals surface area contributed by atoms with Gasteiger partial charge in [-0.1, -0.05) is 30.2 Å². The number of ether oxygens (including phenoxy) is 3. The van der Waals surface area contributed by atoms with Gasteiger partial charge in [-0.25, -0.2) is 9.97 Å². The number of aromatic nitrogens is 2. The molecule has 42 heavy (non-hydrogen) atoms. The van der Waals surface area contributed by atoms with Crippen LogP contribution in [0.3, 0.4) is 0 Å². The molecule has 10 N–H and O–H groups in total. The van der Waals surface area contributed by atoms with Crippen molar-refractivity contribution in [3.63, 3.8) is 0 Å². The van der Waals surface area contributed by atoms with E-state index in [9.17, 15) is 20.1 Å².